The van der Waals surface area contributed by atoms with Crippen LogP contribution < -0.4 is 16.6 Å². The Morgan fingerprint density at radius 2 is 1.60 bits per heavy atom. The quantitative estimate of drug-likeness (QED) is 0.325. The molecule has 2 aromatic heterocycles. The smallest absolute Gasteiger partial charge is 0.410 e. The van der Waals surface area contributed by atoms with E-state index in [-0.39, 0.29) is 35.6 Å². The van der Waals surface area contributed by atoms with Gasteiger partial charge in [-0.25, -0.2) is 23.5 Å². The summed E-state index contributed by atoms with van der Waals surface area (Å²) in [5.74, 6) is -0.763. The standard InChI is InChI=1S/C36H41FN6O5/c1-36(2,3)48-35(47)41-18-16-40(17-19-41)23-31(44)39-27-12-14-28(15-13-27)43-33(45)30-21-26(37)22-38-32(30)42(34(43)46)29-11-7-10-25(20-29)24-8-5-4-6-9-24/h4-11,20-22,27-28H,12-19,23H2,1-3H3,(H,39,44). The molecular weight excluding hydrogens is 615 g/mol. The Labute approximate surface area is 277 Å². The number of pyridine rings is 1. The molecule has 4 aromatic rings. The van der Waals surface area contributed by atoms with E-state index < -0.39 is 28.7 Å². The first kappa shape index (κ1) is 33.1. The fraction of sp³-hybridized carbons (Fsp3) is 0.417. The average Bonchev–Trinajstić information content (AvgIpc) is 3.06. The Balaban J connectivity index is 1.15. The Morgan fingerprint density at radius 1 is 0.917 bits per heavy atom. The number of ether oxygens (including phenoxy) is 1. The molecule has 2 aliphatic rings. The molecule has 0 unspecified atom stereocenters. The number of aromatic nitrogens is 3. The largest absolute Gasteiger partial charge is 0.444 e. The van der Waals surface area contributed by atoms with Crippen LogP contribution in [-0.4, -0.2) is 80.3 Å². The lowest BCUT2D eigenvalue weighted by atomic mass is 9.91. The van der Waals surface area contributed by atoms with Crippen molar-refractivity contribution in [1.82, 2.24) is 29.2 Å². The van der Waals surface area contributed by atoms with Gasteiger partial charge in [-0.05, 0) is 75.8 Å². The Morgan fingerprint density at radius 3 is 2.29 bits per heavy atom. The first-order chi connectivity index (χ1) is 23.0. The zero-order valence-corrected chi connectivity index (χ0v) is 27.5. The molecule has 1 aliphatic heterocycles. The second kappa shape index (κ2) is 13.7. The van der Waals surface area contributed by atoms with Gasteiger partial charge in [-0.2, -0.15) is 0 Å². The van der Waals surface area contributed by atoms with Crippen molar-refractivity contribution in [2.24, 2.45) is 0 Å². The summed E-state index contributed by atoms with van der Waals surface area (Å²) in [6.45, 7) is 7.83. The van der Waals surface area contributed by atoms with Gasteiger partial charge < -0.3 is 15.0 Å². The third kappa shape index (κ3) is 7.33. The monoisotopic (exact) mass is 656 g/mol. The van der Waals surface area contributed by atoms with Gasteiger partial charge in [-0.15, -0.1) is 0 Å². The average molecular weight is 657 g/mol. The molecule has 1 aliphatic carbocycles. The van der Waals surface area contributed by atoms with Crippen LogP contribution in [0.15, 0.2) is 76.4 Å². The maximum atomic E-state index is 14.4. The first-order valence-corrected chi connectivity index (χ1v) is 16.4. The van der Waals surface area contributed by atoms with E-state index in [4.69, 9.17) is 4.74 Å². The van der Waals surface area contributed by atoms with E-state index in [0.717, 1.165) is 23.4 Å². The molecule has 0 spiro atoms. The van der Waals surface area contributed by atoms with Crippen LogP contribution in [0.2, 0.25) is 0 Å². The molecule has 2 fully saturated rings. The normalized spacial score (nSPS) is 18.9. The first-order valence-electron chi connectivity index (χ1n) is 16.4. The van der Waals surface area contributed by atoms with Crippen LogP contribution >= 0.6 is 0 Å². The number of carbonyl (C=O) groups is 2. The van der Waals surface area contributed by atoms with Gasteiger partial charge in [0.15, 0.2) is 5.65 Å². The molecule has 0 atom stereocenters. The van der Waals surface area contributed by atoms with Crippen molar-refractivity contribution in [3.63, 3.8) is 0 Å². The van der Waals surface area contributed by atoms with E-state index in [1.165, 1.54) is 9.13 Å². The Hall–Kier alpha value is -4.84. The van der Waals surface area contributed by atoms with Gasteiger partial charge in [0.1, 0.15) is 11.4 Å². The lowest BCUT2D eigenvalue weighted by molar-refractivity contribution is -0.123. The molecule has 1 saturated heterocycles. The SMILES string of the molecule is CC(C)(C)OC(=O)N1CCN(CC(=O)NC2CCC(n3c(=O)c4cc(F)cnc4n(-c4cccc(-c5ccccc5)c4)c3=O)CC2)CC1. The van der Waals surface area contributed by atoms with Gasteiger partial charge >= 0.3 is 11.8 Å². The topological polar surface area (TPSA) is 119 Å². The maximum Gasteiger partial charge on any atom is 0.410 e. The predicted molar refractivity (Wildman–Crippen MR) is 181 cm³/mol. The Kier molecular flexibility index (Phi) is 9.45. The van der Waals surface area contributed by atoms with Crippen LogP contribution in [0.25, 0.3) is 27.8 Å². The fourth-order valence-corrected chi connectivity index (χ4v) is 6.56. The molecule has 11 nitrogen and oxygen atoms in total. The van der Waals surface area contributed by atoms with Crippen molar-refractivity contribution in [1.29, 1.82) is 0 Å². The highest BCUT2D eigenvalue weighted by Gasteiger charge is 2.30. The summed E-state index contributed by atoms with van der Waals surface area (Å²) in [4.78, 5) is 61.0. The molecule has 1 N–H and O–H groups in total. The number of halogens is 1. The Bertz CT molecular complexity index is 1920. The second-order valence-corrected chi connectivity index (χ2v) is 13.6. The second-order valence-electron chi connectivity index (χ2n) is 13.6. The van der Waals surface area contributed by atoms with Crippen LogP contribution in [-0.2, 0) is 9.53 Å². The van der Waals surface area contributed by atoms with E-state index in [1.807, 2.05) is 74.2 Å². The number of piperazine rings is 1. The lowest BCUT2D eigenvalue weighted by Crippen LogP contribution is -2.53. The van der Waals surface area contributed by atoms with E-state index in [1.54, 1.807) is 11.0 Å². The van der Waals surface area contributed by atoms with Crippen LogP contribution in [0.4, 0.5) is 9.18 Å². The van der Waals surface area contributed by atoms with E-state index >= 15 is 0 Å². The van der Waals surface area contributed by atoms with Gasteiger partial charge in [0.05, 0.1) is 23.8 Å². The highest BCUT2D eigenvalue weighted by molar-refractivity contribution is 5.78. The molecule has 2 amide bonds. The molecule has 2 aromatic carbocycles. The summed E-state index contributed by atoms with van der Waals surface area (Å²) in [6.07, 6.45) is 2.82. The zero-order chi connectivity index (χ0) is 34.0. The summed E-state index contributed by atoms with van der Waals surface area (Å²) in [5, 5.41) is 3.14. The number of carbonyl (C=O) groups excluding carboxylic acids is 2. The van der Waals surface area contributed by atoms with Gasteiger partial charge in [0.2, 0.25) is 5.91 Å². The van der Waals surface area contributed by atoms with Crippen molar-refractivity contribution in [2.45, 2.75) is 64.1 Å². The third-order valence-electron chi connectivity index (χ3n) is 8.92. The molecule has 252 valence electrons. The number of rotatable bonds is 6. The number of nitrogens with zero attached hydrogens (tertiary/aromatic N) is 5. The van der Waals surface area contributed by atoms with Crippen LogP contribution in [0.1, 0.15) is 52.5 Å². The van der Waals surface area contributed by atoms with E-state index in [9.17, 15) is 23.6 Å². The molecular formula is C36H41FN6O5. The molecule has 3 heterocycles. The minimum atomic E-state index is -0.660. The molecule has 0 radical (unpaired) electrons. The molecule has 1 saturated carbocycles. The van der Waals surface area contributed by atoms with E-state index in [2.05, 4.69) is 10.3 Å². The summed E-state index contributed by atoms with van der Waals surface area (Å²) in [7, 11) is 0. The predicted octanol–water partition coefficient (Wildman–Crippen LogP) is 4.51. The number of amides is 2. The number of hydrogen-bond donors (Lipinski definition) is 1. The lowest BCUT2D eigenvalue weighted by Gasteiger charge is -2.35. The maximum absolute atomic E-state index is 14.4. The molecule has 48 heavy (non-hydrogen) atoms. The van der Waals surface area contributed by atoms with Gasteiger partial charge in [-0.3, -0.25) is 19.1 Å². The third-order valence-corrected chi connectivity index (χ3v) is 8.92. The summed E-state index contributed by atoms with van der Waals surface area (Å²) in [6, 6.07) is 17.8. The van der Waals surface area contributed by atoms with Crippen LogP contribution in [0.3, 0.4) is 0 Å². The van der Waals surface area contributed by atoms with Crippen LogP contribution in [0, 0.1) is 5.82 Å². The molecule has 0 bridgehead atoms. The van der Waals surface area contributed by atoms with Crippen molar-refractivity contribution >= 4 is 23.0 Å². The van der Waals surface area contributed by atoms with Crippen molar-refractivity contribution < 1.29 is 18.7 Å². The molecule has 12 heteroatoms. The van der Waals surface area contributed by atoms with E-state index in [0.29, 0.717) is 57.5 Å². The number of hydrogen-bond acceptors (Lipinski definition) is 7. The van der Waals surface area contributed by atoms with Gasteiger partial charge in [-0.1, -0.05) is 42.5 Å². The molecule has 6 rings (SSSR count). The van der Waals surface area contributed by atoms with Crippen molar-refractivity contribution in [3.8, 4) is 16.8 Å². The number of nitrogens with one attached hydrogen (secondary N) is 1. The highest BCUT2D eigenvalue weighted by Crippen LogP contribution is 2.28. The van der Waals surface area contributed by atoms with Crippen molar-refractivity contribution in [2.75, 3.05) is 32.7 Å². The van der Waals surface area contributed by atoms with Crippen LogP contribution in [0.5, 0.6) is 0 Å². The van der Waals surface area contributed by atoms with Gasteiger partial charge in [0, 0.05) is 38.3 Å². The number of benzene rings is 2. The fourth-order valence-electron chi connectivity index (χ4n) is 6.56. The minimum Gasteiger partial charge on any atom is -0.444 e. The minimum absolute atomic E-state index is 0.0295. The zero-order valence-electron chi connectivity index (χ0n) is 27.5. The van der Waals surface area contributed by atoms with Crippen molar-refractivity contribution in [3.05, 3.63) is 93.5 Å². The number of fused-ring (bicyclic) bond motifs is 1. The summed E-state index contributed by atoms with van der Waals surface area (Å²) >= 11 is 0. The van der Waals surface area contributed by atoms with Gasteiger partial charge in [0.25, 0.3) is 5.56 Å². The highest BCUT2D eigenvalue weighted by atomic mass is 19.1. The summed E-state index contributed by atoms with van der Waals surface area (Å²) in [5.41, 5.74) is 0.801. The summed E-state index contributed by atoms with van der Waals surface area (Å²) < 4.78 is 22.5.